The van der Waals surface area contributed by atoms with Crippen LogP contribution in [0.5, 0.6) is 11.5 Å². The van der Waals surface area contributed by atoms with Crippen molar-refractivity contribution in [1.82, 2.24) is 9.97 Å². The molecule has 1 heterocycles. The van der Waals surface area contributed by atoms with E-state index in [4.69, 9.17) is 21.1 Å². The van der Waals surface area contributed by atoms with E-state index in [1.165, 1.54) is 27.5 Å². The van der Waals surface area contributed by atoms with Crippen LogP contribution in [0.1, 0.15) is 10.4 Å². The van der Waals surface area contributed by atoms with Crippen molar-refractivity contribution >= 4 is 17.6 Å². The molecule has 7 heteroatoms. The number of hydrogen-bond donors (Lipinski definition) is 0. The van der Waals surface area contributed by atoms with Crippen molar-refractivity contribution in [2.75, 3.05) is 21.3 Å². The first kappa shape index (κ1) is 15.1. The number of benzene rings is 1. The van der Waals surface area contributed by atoms with Crippen LogP contribution in [0.15, 0.2) is 24.4 Å². The number of esters is 1. The molecule has 0 saturated heterocycles. The van der Waals surface area contributed by atoms with Gasteiger partial charge in [0.15, 0.2) is 17.3 Å². The van der Waals surface area contributed by atoms with Gasteiger partial charge in [-0.2, -0.15) is 0 Å². The minimum atomic E-state index is -0.593. The first-order valence-electron chi connectivity index (χ1n) is 5.94. The van der Waals surface area contributed by atoms with E-state index < -0.39 is 5.97 Å². The standard InChI is InChI=1S/C14H13ClN2O4/c1-19-10-6-4-5-8(11(10)20-2)13-16-7-9(12(15)17-13)14(18)21-3/h4-7H,1-3H3. The average Bonchev–Trinajstić information content (AvgIpc) is 2.53. The number of rotatable bonds is 4. The monoisotopic (exact) mass is 308 g/mol. The number of halogens is 1. The molecule has 0 aliphatic heterocycles. The predicted octanol–water partition coefficient (Wildman–Crippen LogP) is 2.60. The highest BCUT2D eigenvalue weighted by Gasteiger charge is 2.18. The minimum absolute atomic E-state index is 0.0109. The number of aromatic nitrogens is 2. The van der Waals surface area contributed by atoms with Crippen molar-refractivity contribution in [2.45, 2.75) is 0 Å². The van der Waals surface area contributed by atoms with Gasteiger partial charge in [0.1, 0.15) is 10.7 Å². The van der Waals surface area contributed by atoms with Gasteiger partial charge in [-0.15, -0.1) is 0 Å². The van der Waals surface area contributed by atoms with E-state index in [2.05, 4.69) is 14.7 Å². The molecule has 0 atom stereocenters. The summed E-state index contributed by atoms with van der Waals surface area (Å²) in [5.74, 6) is 0.765. The maximum Gasteiger partial charge on any atom is 0.342 e. The van der Waals surface area contributed by atoms with Crippen molar-refractivity contribution in [3.8, 4) is 22.9 Å². The van der Waals surface area contributed by atoms with Crippen LogP contribution in [0, 0.1) is 0 Å². The van der Waals surface area contributed by atoms with E-state index >= 15 is 0 Å². The third kappa shape index (κ3) is 2.90. The summed E-state index contributed by atoms with van der Waals surface area (Å²) in [4.78, 5) is 19.7. The molecule has 21 heavy (non-hydrogen) atoms. The summed E-state index contributed by atoms with van der Waals surface area (Å²) in [5, 5.41) is 0.0109. The van der Waals surface area contributed by atoms with Crippen LogP contribution >= 0.6 is 11.6 Å². The Morgan fingerprint density at radius 3 is 2.52 bits per heavy atom. The second kappa shape index (κ2) is 6.41. The maximum atomic E-state index is 11.5. The van der Waals surface area contributed by atoms with E-state index in [1.54, 1.807) is 18.2 Å². The summed E-state index contributed by atoms with van der Waals surface area (Å²) < 4.78 is 15.1. The van der Waals surface area contributed by atoms with Gasteiger partial charge in [-0.05, 0) is 12.1 Å². The molecule has 0 bridgehead atoms. The fraction of sp³-hybridized carbons (Fsp3) is 0.214. The van der Waals surface area contributed by atoms with Gasteiger partial charge in [-0.3, -0.25) is 0 Å². The molecule has 0 aliphatic rings. The van der Waals surface area contributed by atoms with Crippen molar-refractivity contribution in [1.29, 1.82) is 0 Å². The normalized spacial score (nSPS) is 10.1. The molecule has 1 aromatic carbocycles. The predicted molar refractivity (Wildman–Crippen MR) is 76.9 cm³/mol. The SMILES string of the molecule is COC(=O)c1cnc(-c2cccc(OC)c2OC)nc1Cl. The number of carbonyl (C=O) groups is 1. The molecular formula is C14H13ClN2O4. The molecule has 0 aliphatic carbocycles. The van der Waals surface area contributed by atoms with E-state index in [1.807, 2.05) is 0 Å². The largest absolute Gasteiger partial charge is 0.493 e. The van der Waals surface area contributed by atoms with Gasteiger partial charge in [0.25, 0.3) is 0 Å². The van der Waals surface area contributed by atoms with Crippen LogP contribution in [-0.2, 0) is 4.74 Å². The third-order valence-electron chi connectivity index (χ3n) is 2.79. The molecule has 1 aromatic heterocycles. The average molecular weight is 309 g/mol. The summed E-state index contributed by atoms with van der Waals surface area (Å²) in [5.41, 5.74) is 0.708. The molecule has 0 unspecified atom stereocenters. The molecule has 2 rings (SSSR count). The Hall–Kier alpha value is -2.34. The Morgan fingerprint density at radius 2 is 1.95 bits per heavy atom. The first-order chi connectivity index (χ1) is 10.1. The molecule has 0 fully saturated rings. The lowest BCUT2D eigenvalue weighted by molar-refractivity contribution is 0.0600. The number of ether oxygens (including phenoxy) is 3. The summed E-state index contributed by atoms with van der Waals surface area (Å²) >= 11 is 6.00. The van der Waals surface area contributed by atoms with Crippen LogP contribution in [0.4, 0.5) is 0 Å². The van der Waals surface area contributed by atoms with Crippen molar-refractivity contribution in [3.05, 3.63) is 35.1 Å². The van der Waals surface area contributed by atoms with Crippen LogP contribution in [0.25, 0.3) is 11.4 Å². The van der Waals surface area contributed by atoms with Crippen molar-refractivity contribution in [3.63, 3.8) is 0 Å². The molecule has 0 N–H and O–H groups in total. The van der Waals surface area contributed by atoms with Crippen LogP contribution < -0.4 is 9.47 Å². The van der Waals surface area contributed by atoms with Gasteiger partial charge >= 0.3 is 5.97 Å². The third-order valence-corrected chi connectivity index (χ3v) is 3.08. The zero-order chi connectivity index (χ0) is 15.4. The summed E-state index contributed by atoms with van der Waals surface area (Å²) in [6.45, 7) is 0. The summed E-state index contributed by atoms with van der Waals surface area (Å²) in [7, 11) is 4.32. The van der Waals surface area contributed by atoms with E-state index in [-0.39, 0.29) is 10.7 Å². The molecular weight excluding hydrogens is 296 g/mol. The van der Waals surface area contributed by atoms with Gasteiger partial charge in [-0.1, -0.05) is 17.7 Å². The van der Waals surface area contributed by atoms with E-state index in [0.29, 0.717) is 22.9 Å². The highest BCUT2D eigenvalue weighted by atomic mass is 35.5. The molecule has 0 saturated carbocycles. The smallest absolute Gasteiger partial charge is 0.342 e. The quantitative estimate of drug-likeness (QED) is 0.638. The molecule has 6 nitrogen and oxygen atoms in total. The molecule has 0 spiro atoms. The summed E-state index contributed by atoms with van der Waals surface area (Å²) in [6.07, 6.45) is 1.31. The number of hydrogen-bond acceptors (Lipinski definition) is 6. The molecule has 0 amide bonds. The highest BCUT2D eigenvalue weighted by Crippen LogP contribution is 2.36. The Morgan fingerprint density at radius 1 is 1.19 bits per heavy atom. The Balaban J connectivity index is 2.53. The Bertz CT molecular complexity index is 676. The Labute approximate surface area is 126 Å². The molecule has 2 aromatic rings. The number of para-hydroxylation sites is 1. The number of methoxy groups -OCH3 is 3. The zero-order valence-corrected chi connectivity index (χ0v) is 12.5. The van der Waals surface area contributed by atoms with E-state index in [0.717, 1.165) is 0 Å². The van der Waals surface area contributed by atoms with Crippen molar-refractivity contribution < 1.29 is 19.0 Å². The van der Waals surface area contributed by atoms with Crippen LogP contribution in [0.3, 0.4) is 0 Å². The second-order valence-electron chi connectivity index (χ2n) is 3.93. The van der Waals surface area contributed by atoms with Crippen LogP contribution in [-0.4, -0.2) is 37.3 Å². The van der Waals surface area contributed by atoms with Crippen molar-refractivity contribution in [2.24, 2.45) is 0 Å². The van der Waals surface area contributed by atoms with Gasteiger partial charge in [-0.25, -0.2) is 14.8 Å². The zero-order valence-electron chi connectivity index (χ0n) is 11.7. The lowest BCUT2D eigenvalue weighted by atomic mass is 10.1. The first-order valence-corrected chi connectivity index (χ1v) is 6.32. The summed E-state index contributed by atoms with van der Waals surface area (Å²) in [6, 6.07) is 5.31. The maximum absolute atomic E-state index is 11.5. The topological polar surface area (TPSA) is 70.5 Å². The fourth-order valence-electron chi connectivity index (χ4n) is 1.80. The molecule has 0 radical (unpaired) electrons. The number of carbonyl (C=O) groups excluding carboxylic acids is 1. The molecule has 110 valence electrons. The Kier molecular flexibility index (Phi) is 4.59. The fourth-order valence-corrected chi connectivity index (χ4v) is 2.01. The van der Waals surface area contributed by atoms with Gasteiger partial charge < -0.3 is 14.2 Å². The van der Waals surface area contributed by atoms with Gasteiger partial charge in [0.05, 0.1) is 26.9 Å². The minimum Gasteiger partial charge on any atom is -0.493 e. The van der Waals surface area contributed by atoms with Gasteiger partial charge in [0, 0.05) is 6.20 Å². The van der Waals surface area contributed by atoms with Gasteiger partial charge in [0.2, 0.25) is 0 Å². The number of nitrogens with zero attached hydrogens (tertiary/aromatic N) is 2. The second-order valence-corrected chi connectivity index (χ2v) is 4.29. The van der Waals surface area contributed by atoms with Crippen LogP contribution in [0.2, 0.25) is 5.15 Å². The van der Waals surface area contributed by atoms with E-state index in [9.17, 15) is 4.79 Å². The highest BCUT2D eigenvalue weighted by molar-refractivity contribution is 6.32. The lowest BCUT2D eigenvalue weighted by Crippen LogP contribution is -2.05. The lowest BCUT2D eigenvalue weighted by Gasteiger charge is -2.12.